The molecule has 1 aromatic rings. The average molecular weight is 236 g/mol. The summed E-state index contributed by atoms with van der Waals surface area (Å²) in [6.07, 6.45) is 3.80. The zero-order valence-electron chi connectivity index (χ0n) is 10.7. The maximum Gasteiger partial charge on any atom is 0.339 e. The van der Waals surface area contributed by atoms with E-state index in [1.807, 2.05) is 0 Å². The number of aromatic nitrogens is 1. The lowest BCUT2D eigenvalue weighted by Gasteiger charge is -2.15. The van der Waals surface area contributed by atoms with E-state index in [1.54, 1.807) is 19.2 Å². The molecule has 0 aliphatic carbocycles. The topological polar surface area (TPSA) is 62.2 Å². The predicted molar refractivity (Wildman–Crippen MR) is 68.5 cm³/mol. The molecule has 0 saturated carbocycles. The average Bonchev–Trinajstić information content (AvgIpc) is 2.29. The van der Waals surface area contributed by atoms with Crippen molar-refractivity contribution in [1.29, 1.82) is 0 Å². The van der Waals surface area contributed by atoms with Crippen LogP contribution in [0.5, 0.6) is 0 Å². The van der Waals surface area contributed by atoms with Gasteiger partial charge in [-0.2, -0.15) is 0 Å². The van der Waals surface area contributed by atoms with Gasteiger partial charge in [0, 0.05) is 12.7 Å². The van der Waals surface area contributed by atoms with E-state index in [1.165, 1.54) is 0 Å². The Morgan fingerprint density at radius 1 is 1.47 bits per heavy atom. The second-order valence-corrected chi connectivity index (χ2v) is 4.22. The second kappa shape index (κ2) is 6.23. The Labute approximate surface area is 102 Å². The van der Waals surface area contributed by atoms with Crippen molar-refractivity contribution in [2.45, 2.75) is 33.6 Å². The fourth-order valence-electron chi connectivity index (χ4n) is 1.78. The van der Waals surface area contributed by atoms with E-state index in [0.29, 0.717) is 11.7 Å². The summed E-state index contributed by atoms with van der Waals surface area (Å²) in [4.78, 5) is 15.3. The Balaban J connectivity index is 2.84. The van der Waals surface area contributed by atoms with Gasteiger partial charge >= 0.3 is 5.97 Å². The minimum Gasteiger partial charge on any atom is -0.478 e. The number of carbonyl (C=O) groups is 1. The van der Waals surface area contributed by atoms with E-state index in [2.05, 4.69) is 24.1 Å². The van der Waals surface area contributed by atoms with Gasteiger partial charge in [0.1, 0.15) is 11.4 Å². The lowest BCUT2D eigenvalue weighted by atomic mass is 10.0. The number of hydrogen-bond donors (Lipinski definition) is 2. The molecule has 0 unspecified atom stereocenters. The van der Waals surface area contributed by atoms with Gasteiger partial charge in [0.2, 0.25) is 0 Å². The van der Waals surface area contributed by atoms with Crippen molar-refractivity contribution in [3.63, 3.8) is 0 Å². The van der Waals surface area contributed by atoms with Crippen LogP contribution in [0.3, 0.4) is 0 Å². The lowest BCUT2D eigenvalue weighted by molar-refractivity contribution is 0.0697. The summed E-state index contributed by atoms with van der Waals surface area (Å²) in [5, 5.41) is 12.3. The molecule has 94 valence electrons. The number of carboxylic acid groups (broad SMARTS) is 1. The van der Waals surface area contributed by atoms with Gasteiger partial charge in [-0.1, -0.05) is 26.7 Å². The Kier molecular flexibility index (Phi) is 4.94. The molecular weight excluding hydrogens is 216 g/mol. The van der Waals surface area contributed by atoms with Crippen molar-refractivity contribution in [2.24, 2.45) is 5.92 Å². The van der Waals surface area contributed by atoms with Crippen molar-refractivity contribution < 1.29 is 9.90 Å². The molecule has 0 aliphatic rings. The monoisotopic (exact) mass is 236 g/mol. The minimum absolute atomic E-state index is 0.276. The highest BCUT2D eigenvalue weighted by atomic mass is 16.4. The molecular formula is C13H20N2O2. The first-order chi connectivity index (χ1) is 8.10. The van der Waals surface area contributed by atoms with E-state index < -0.39 is 5.97 Å². The summed E-state index contributed by atoms with van der Waals surface area (Å²) in [5.41, 5.74) is 1.01. The number of rotatable bonds is 6. The van der Waals surface area contributed by atoms with E-state index in [0.717, 1.165) is 24.9 Å². The van der Waals surface area contributed by atoms with Gasteiger partial charge in [-0.05, 0) is 24.5 Å². The van der Waals surface area contributed by atoms with Gasteiger partial charge in [-0.15, -0.1) is 0 Å². The van der Waals surface area contributed by atoms with Gasteiger partial charge in [-0.3, -0.25) is 0 Å². The number of aryl methyl sites for hydroxylation is 1. The third-order valence-electron chi connectivity index (χ3n) is 3.09. The first kappa shape index (κ1) is 13.5. The van der Waals surface area contributed by atoms with E-state index in [9.17, 15) is 4.79 Å². The van der Waals surface area contributed by atoms with Crippen LogP contribution in [-0.4, -0.2) is 22.6 Å². The van der Waals surface area contributed by atoms with Crippen molar-refractivity contribution in [2.75, 3.05) is 11.9 Å². The molecule has 1 heterocycles. The van der Waals surface area contributed by atoms with Crippen LogP contribution >= 0.6 is 0 Å². The summed E-state index contributed by atoms with van der Waals surface area (Å²) < 4.78 is 0. The molecule has 4 heteroatoms. The molecule has 4 nitrogen and oxygen atoms in total. The van der Waals surface area contributed by atoms with E-state index in [-0.39, 0.29) is 5.56 Å². The van der Waals surface area contributed by atoms with Crippen LogP contribution in [0.25, 0.3) is 0 Å². The van der Waals surface area contributed by atoms with E-state index >= 15 is 0 Å². The molecule has 1 aromatic heterocycles. The Bertz CT molecular complexity index is 387. The first-order valence-electron chi connectivity index (χ1n) is 6.02. The Hall–Kier alpha value is -1.58. The SMILES string of the molecule is CCC(CC)CNc1nccc(C)c1C(=O)O. The van der Waals surface area contributed by atoms with Crippen molar-refractivity contribution in [3.05, 3.63) is 23.4 Å². The number of nitrogens with one attached hydrogen (secondary N) is 1. The van der Waals surface area contributed by atoms with Gasteiger partial charge in [0.15, 0.2) is 0 Å². The van der Waals surface area contributed by atoms with Gasteiger partial charge in [-0.25, -0.2) is 9.78 Å². The molecule has 0 aliphatic heterocycles. The van der Waals surface area contributed by atoms with Crippen molar-refractivity contribution >= 4 is 11.8 Å². The van der Waals surface area contributed by atoms with E-state index in [4.69, 9.17) is 5.11 Å². The molecule has 0 amide bonds. The predicted octanol–water partition coefficient (Wildman–Crippen LogP) is 2.94. The molecule has 0 atom stereocenters. The number of hydrogen-bond acceptors (Lipinski definition) is 3. The van der Waals surface area contributed by atoms with Crippen LogP contribution in [0, 0.1) is 12.8 Å². The fourth-order valence-corrected chi connectivity index (χ4v) is 1.78. The van der Waals surface area contributed by atoms with Crippen LogP contribution < -0.4 is 5.32 Å². The summed E-state index contributed by atoms with van der Waals surface area (Å²) in [7, 11) is 0. The summed E-state index contributed by atoms with van der Waals surface area (Å²) in [6, 6.07) is 1.71. The van der Waals surface area contributed by atoms with Crippen molar-refractivity contribution in [1.82, 2.24) is 4.98 Å². The van der Waals surface area contributed by atoms with Crippen LogP contribution in [0.2, 0.25) is 0 Å². The lowest BCUT2D eigenvalue weighted by Crippen LogP contribution is -2.16. The molecule has 0 saturated heterocycles. The van der Waals surface area contributed by atoms with Crippen LogP contribution in [0.15, 0.2) is 12.3 Å². The maximum absolute atomic E-state index is 11.1. The Morgan fingerprint density at radius 2 is 2.12 bits per heavy atom. The third kappa shape index (κ3) is 3.44. The molecule has 0 spiro atoms. The molecule has 2 N–H and O–H groups in total. The molecule has 17 heavy (non-hydrogen) atoms. The van der Waals surface area contributed by atoms with Crippen LogP contribution in [0.4, 0.5) is 5.82 Å². The molecule has 0 fully saturated rings. The van der Waals surface area contributed by atoms with Crippen molar-refractivity contribution in [3.8, 4) is 0 Å². The third-order valence-corrected chi connectivity index (χ3v) is 3.09. The standard InChI is InChI=1S/C13H20N2O2/c1-4-10(5-2)8-15-12-11(13(16)17)9(3)6-7-14-12/h6-7,10H,4-5,8H2,1-3H3,(H,14,15)(H,16,17). The smallest absolute Gasteiger partial charge is 0.339 e. The number of carboxylic acids is 1. The Morgan fingerprint density at radius 3 is 2.65 bits per heavy atom. The molecule has 0 bridgehead atoms. The summed E-state index contributed by atoms with van der Waals surface area (Å²) in [5.74, 6) is 0.103. The fraction of sp³-hybridized carbons (Fsp3) is 0.538. The van der Waals surface area contributed by atoms with Gasteiger partial charge in [0.25, 0.3) is 0 Å². The summed E-state index contributed by atoms with van der Waals surface area (Å²) >= 11 is 0. The second-order valence-electron chi connectivity index (χ2n) is 4.22. The molecule has 0 aromatic carbocycles. The number of anilines is 1. The van der Waals surface area contributed by atoms with Crippen LogP contribution in [0.1, 0.15) is 42.6 Å². The van der Waals surface area contributed by atoms with Crippen LogP contribution in [-0.2, 0) is 0 Å². The highest BCUT2D eigenvalue weighted by Crippen LogP contribution is 2.17. The normalized spacial score (nSPS) is 10.6. The minimum atomic E-state index is -0.928. The zero-order chi connectivity index (χ0) is 12.8. The highest BCUT2D eigenvalue weighted by Gasteiger charge is 2.14. The first-order valence-corrected chi connectivity index (χ1v) is 6.02. The zero-order valence-corrected chi connectivity index (χ0v) is 10.7. The quantitative estimate of drug-likeness (QED) is 0.797. The van der Waals surface area contributed by atoms with Gasteiger partial charge < -0.3 is 10.4 Å². The molecule has 1 rings (SSSR count). The molecule has 0 radical (unpaired) electrons. The maximum atomic E-state index is 11.1. The largest absolute Gasteiger partial charge is 0.478 e. The van der Waals surface area contributed by atoms with Gasteiger partial charge in [0.05, 0.1) is 0 Å². The number of pyridine rings is 1. The highest BCUT2D eigenvalue weighted by molar-refractivity contribution is 5.94. The number of aromatic carboxylic acids is 1. The summed E-state index contributed by atoms with van der Waals surface area (Å²) in [6.45, 7) is 6.83. The number of nitrogens with zero attached hydrogens (tertiary/aromatic N) is 1.